The van der Waals surface area contributed by atoms with Crippen molar-refractivity contribution in [2.75, 3.05) is 0 Å². The highest BCUT2D eigenvalue weighted by molar-refractivity contribution is 5.02. The van der Waals surface area contributed by atoms with E-state index in [1.54, 1.807) is 11.1 Å². The second-order valence-electron chi connectivity index (χ2n) is 16.0. The number of hydrogen-bond donors (Lipinski definition) is 0. The predicted molar refractivity (Wildman–Crippen MR) is 225 cm³/mol. The van der Waals surface area contributed by atoms with E-state index >= 15 is 0 Å². The quantitative estimate of drug-likeness (QED) is 0.0459. The first-order valence-electron chi connectivity index (χ1n) is 23.3. The molecule has 0 saturated carbocycles. The summed E-state index contributed by atoms with van der Waals surface area (Å²) in [7, 11) is 0. The molecule has 292 valence electrons. The molecule has 0 spiro atoms. The Labute approximate surface area is 312 Å². The van der Waals surface area contributed by atoms with Gasteiger partial charge in [0.05, 0.1) is 12.5 Å². The summed E-state index contributed by atoms with van der Waals surface area (Å²) in [6.07, 6.45) is 60.1. The van der Waals surface area contributed by atoms with Gasteiger partial charge in [-0.05, 0) is 62.5 Å². The van der Waals surface area contributed by atoms with Gasteiger partial charge in [-0.3, -0.25) is 0 Å². The molecule has 0 unspecified atom stereocenters. The van der Waals surface area contributed by atoms with Gasteiger partial charge in [0.25, 0.3) is 0 Å². The molecule has 0 rings (SSSR count). The first-order chi connectivity index (χ1) is 24.3. The normalized spacial score (nSPS) is 12.3. The Morgan fingerprint density at radius 2 is 0.408 bits per heavy atom. The first kappa shape index (κ1) is 48.3. The van der Waals surface area contributed by atoms with E-state index in [2.05, 4.69) is 40.2 Å². The van der Waals surface area contributed by atoms with Crippen molar-refractivity contribution in [3.63, 3.8) is 0 Å². The summed E-state index contributed by atoms with van der Waals surface area (Å²) in [6, 6.07) is 0. The minimum atomic E-state index is 1.24. The third-order valence-corrected chi connectivity index (χ3v) is 10.9. The molecule has 0 bridgehead atoms. The zero-order valence-electron chi connectivity index (χ0n) is 34.8. The van der Waals surface area contributed by atoms with Crippen molar-refractivity contribution in [3.8, 4) is 0 Å². The third kappa shape index (κ3) is 39.9. The first-order valence-corrected chi connectivity index (χ1v) is 23.3. The molecule has 0 aliphatic rings. The van der Waals surface area contributed by atoms with Gasteiger partial charge >= 0.3 is 0 Å². The van der Waals surface area contributed by atoms with Gasteiger partial charge in [0.2, 0.25) is 0 Å². The van der Waals surface area contributed by atoms with Crippen molar-refractivity contribution in [3.05, 3.63) is 23.7 Å². The fourth-order valence-electron chi connectivity index (χ4n) is 7.36. The van der Waals surface area contributed by atoms with Crippen molar-refractivity contribution in [1.82, 2.24) is 0 Å². The van der Waals surface area contributed by atoms with Gasteiger partial charge in [-0.15, -0.1) is 0 Å². The van der Waals surface area contributed by atoms with Crippen molar-refractivity contribution >= 4 is 0 Å². The van der Waals surface area contributed by atoms with Gasteiger partial charge < -0.3 is 4.74 Å². The topological polar surface area (TPSA) is 9.23 Å². The summed E-state index contributed by atoms with van der Waals surface area (Å²) in [5.74, 6) is 0. The van der Waals surface area contributed by atoms with E-state index in [9.17, 15) is 0 Å². The Morgan fingerprint density at radius 3 is 0.592 bits per heavy atom. The fourth-order valence-corrected chi connectivity index (χ4v) is 7.36. The zero-order chi connectivity index (χ0) is 35.6. The predicted octanol–water partition coefficient (Wildman–Crippen LogP) is 18.5. The van der Waals surface area contributed by atoms with E-state index < -0.39 is 0 Å². The number of allylic oxidation sites excluding steroid dienone is 2. The van der Waals surface area contributed by atoms with Gasteiger partial charge in [0, 0.05) is 0 Å². The summed E-state index contributed by atoms with van der Waals surface area (Å²) in [6.45, 7) is 9.26. The highest BCUT2D eigenvalue weighted by Gasteiger charge is 2.04. The highest BCUT2D eigenvalue weighted by atomic mass is 16.5. The van der Waals surface area contributed by atoms with Crippen molar-refractivity contribution in [1.29, 1.82) is 0 Å². The van der Waals surface area contributed by atoms with E-state index in [0.29, 0.717) is 0 Å². The molecular weight excluding hydrogens is 593 g/mol. The van der Waals surface area contributed by atoms with Gasteiger partial charge in [-0.25, -0.2) is 0 Å². The van der Waals surface area contributed by atoms with Crippen LogP contribution in [-0.2, 0) is 4.74 Å². The van der Waals surface area contributed by atoms with Gasteiger partial charge in [0.1, 0.15) is 0 Å². The van der Waals surface area contributed by atoms with Crippen LogP contribution in [0.5, 0.6) is 0 Å². The van der Waals surface area contributed by atoms with E-state index in [0.717, 1.165) is 0 Å². The zero-order valence-corrected chi connectivity index (χ0v) is 34.8. The minimum Gasteiger partial charge on any atom is -0.473 e. The maximum Gasteiger partial charge on any atom is 0.0893 e. The summed E-state index contributed by atoms with van der Waals surface area (Å²) in [5, 5.41) is 0. The molecule has 1 heteroatoms. The smallest absolute Gasteiger partial charge is 0.0893 e. The molecule has 49 heavy (non-hydrogen) atoms. The molecule has 0 saturated heterocycles. The van der Waals surface area contributed by atoms with Crippen LogP contribution in [0.15, 0.2) is 23.7 Å². The van der Waals surface area contributed by atoms with Crippen LogP contribution in [0.4, 0.5) is 0 Å². The molecule has 0 aromatic carbocycles. The van der Waals surface area contributed by atoms with Crippen LogP contribution in [0.1, 0.15) is 285 Å². The van der Waals surface area contributed by atoms with Crippen LogP contribution in [0.2, 0.25) is 0 Å². The molecule has 0 fully saturated rings. The van der Waals surface area contributed by atoms with Gasteiger partial charge in [0.15, 0.2) is 0 Å². The molecular formula is C48H94O. The van der Waals surface area contributed by atoms with Crippen LogP contribution < -0.4 is 0 Å². The van der Waals surface area contributed by atoms with Crippen molar-refractivity contribution in [2.24, 2.45) is 0 Å². The standard InChI is InChI=1S/C48H94O/c1-5-9-13-17-21-25-27-31-35-39-43-47(41-37-33-29-23-19-15-11-7-3)45-49-46-48(42-38-34-30-24-20-16-12-8-4)44-40-36-32-28-26-22-18-14-10-6-2/h45-46H,5-44H2,1-4H3. The van der Waals surface area contributed by atoms with Crippen molar-refractivity contribution in [2.45, 2.75) is 285 Å². The van der Waals surface area contributed by atoms with Crippen molar-refractivity contribution < 1.29 is 4.74 Å². The Balaban J connectivity index is 4.82. The Kier molecular flexibility index (Phi) is 42.8. The number of hydrogen-bond acceptors (Lipinski definition) is 1. The maximum absolute atomic E-state index is 6.36. The van der Waals surface area contributed by atoms with Crippen LogP contribution in [0.3, 0.4) is 0 Å². The lowest BCUT2D eigenvalue weighted by Crippen LogP contribution is -1.91. The Bertz CT molecular complexity index is 604. The second-order valence-corrected chi connectivity index (χ2v) is 16.0. The molecule has 0 radical (unpaired) electrons. The molecule has 1 nitrogen and oxygen atoms in total. The fraction of sp³-hybridized carbons (Fsp3) is 0.917. The average molecular weight is 687 g/mol. The molecule has 0 N–H and O–H groups in total. The van der Waals surface area contributed by atoms with E-state index in [1.807, 2.05) is 0 Å². The van der Waals surface area contributed by atoms with E-state index in [4.69, 9.17) is 4.74 Å². The molecule has 0 aliphatic carbocycles. The molecule has 0 amide bonds. The van der Waals surface area contributed by atoms with Crippen LogP contribution in [0, 0.1) is 0 Å². The lowest BCUT2D eigenvalue weighted by atomic mass is 9.99. The highest BCUT2D eigenvalue weighted by Crippen LogP contribution is 2.22. The largest absolute Gasteiger partial charge is 0.473 e. The summed E-state index contributed by atoms with van der Waals surface area (Å²) in [4.78, 5) is 0. The molecule has 0 atom stereocenters. The van der Waals surface area contributed by atoms with Crippen LogP contribution >= 0.6 is 0 Å². The van der Waals surface area contributed by atoms with Crippen LogP contribution in [-0.4, -0.2) is 0 Å². The lowest BCUT2D eigenvalue weighted by molar-refractivity contribution is 0.381. The number of unbranched alkanes of at least 4 members (excludes halogenated alkanes) is 32. The monoisotopic (exact) mass is 687 g/mol. The summed E-state index contributed by atoms with van der Waals surface area (Å²) < 4.78 is 6.36. The molecule has 0 aliphatic heterocycles. The molecule has 0 aromatic rings. The van der Waals surface area contributed by atoms with Gasteiger partial charge in [-0.2, -0.15) is 0 Å². The van der Waals surface area contributed by atoms with E-state index in [1.165, 1.54) is 257 Å². The Hall–Kier alpha value is -0.720. The maximum atomic E-state index is 6.36. The Morgan fingerprint density at radius 1 is 0.245 bits per heavy atom. The summed E-state index contributed by atoms with van der Waals surface area (Å²) in [5.41, 5.74) is 3.15. The minimum absolute atomic E-state index is 1.24. The van der Waals surface area contributed by atoms with Gasteiger partial charge in [-0.1, -0.05) is 233 Å². The van der Waals surface area contributed by atoms with Crippen LogP contribution in [0.25, 0.3) is 0 Å². The number of rotatable bonds is 42. The van der Waals surface area contributed by atoms with E-state index in [-0.39, 0.29) is 0 Å². The third-order valence-electron chi connectivity index (χ3n) is 10.9. The SMILES string of the molecule is CCCCCCCCCCCCC(=COC=C(CCCCCCCCCC)CCCCCCCCCCCC)CCCCCCCCCC. The summed E-state index contributed by atoms with van der Waals surface area (Å²) >= 11 is 0. The second kappa shape index (κ2) is 43.4. The number of ether oxygens (including phenoxy) is 1. The molecule has 0 heterocycles. The lowest BCUT2D eigenvalue weighted by Gasteiger charge is -2.10. The average Bonchev–Trinajstić information content (AvgIpc) is 3.11. The molecule has 0 aromatic heterocycles.